The fraction of sp³-hybridized carbons (Fsp3) is 0.643. The van der Waals surface area contributed by atoms with Crippen molar-refractivity contribution in [3.63, 3.8) is 0 Å². The first-order chi connectivity index (χ1) is 10.0. The molecule has 0 amide bonds. The van der Waals surface area contributed by atoms with Gasteiger partial charge < -0.3 is 5.11 Å². The molecule has 118 valence electrons. The summed E-state index contributed by atoms with van der Waals surface area (Å²) in [6.45, 7) is 1.58. The van der Waals surface area contributed by atoms with Crippen LogP contribution in [0.2, 0.25) is 0 Å². The molecule has 2 rings (SSSR count). The van der Waals surface area contributed by atoms with Gasteiger partial charge in [-0.1, -0.05) is 0 Å². The number of hydrogen-bond acceptors (Lipinski definition) is 4. The molecule has 0 bridgehead atoms. The van der Waals surface area contributed by atoms with E-state index in [-0.39, 0.29) is 12.5 Å². The Morgan fingerprint density at radius 2 is 1.95 bits per heavy atom. The molecule has 6 nitrogen and oxygen atoms in total. The third kappa shape index (κ3) is 4.23. The Labute approximate surface area is 126 Å². The second kappa shape index (κ2) is 7.31. The van der Waals surface area contributed by atoms with Gasteiger partial charge in [-0.15, -0.1) is 0 Å². The van der Waals surface area contributed by atoms with Gasteiger partial charge in [0.05, 0.1) is 0 Å². The van der Waals surface area contributed by atoms with Crippen molar-refractivity contribution in [3.8, 4) is 0 Å². The average Bonchev–Trinajstić information content (AvgIpc) is 2.53. The molecular weight excluding hydrogens is 290 g/mol. The normalized spacial score (nSPS) is 18.2. The molecule has 7 heteroatoms. The summed E-state index contributed by atoms with van der Waals surface area (Å²) in [7, 11) is -1.77. The van der Waals surface area contributed by atoms with Crippen LogP contribution in [0.3, 0.4) is 0 Å². The van der Waals surface area contributed by atoms with E-state index in [1.54, 1.807) is 19.4 Å². The summed E-state index contributed by atoms with van der Waals surface area (Å²) in [6.07, 6.45) is 5.56. The molecular formula is C14H23N3O3S. The summed E-state index contributed by atoms with van der Waals surface area (Å²) < 4.78 is 27.9. The SMILES string of the molecule is CN(CCc1ccncc1)S(=O)(=O)N1CCC(CO)CC1. The Bertz CT molecular complexity index is 528. The van der Waals surface area contributed by atoms with E-state index >= 15 is 0 Å². The Balaban J connectivity index is 1.90. The van der Waals surface area contributed by atoms with Gasteiger partial charge in [-0.3, -0.25) is 4.98 Å². The quantitative estimate of drug-likeness (QED) is 0.830. The number of aliphatic hydroxyl groups is 1. The number of pyridine rings is 1. The summed E-state index contributed by atoms with van der Waals surface area (Å²) in [5.74, 6) is 0.235. The van der Waals surface area contributed by atoms with Crippen molar-refractivity contribution in [2.24, 2.45) is 5.92 Å². The van der Waals surface area contributed by atoms with E-state index in [0.717, 1.165) is 18.4 Å². The molecule has 2 heterocycles. The summed E-state index contributed by atoms with van der Waals surface area (Å²) >= 11 is 0. The van der Waals surface area contributed by atoms with Crippen LogP contribution in [-0.4, -0.2) is 60.4 Å². The molecule has 0 spiro atoms. The Kier molecular flexibility index (Phi) is 5.69. The third-order valence-electron chi connectivity index (χ3n) is 4.02. The monoisotopic (exact) mass is 313 g/mol. The van der Waals surface area contributed by atoms with Crippen molar-refractivity contribution >= 4 is 10.2 Å². The second-order valence-corrected chi connectivity index (χ2v) is 7.50. The molecule has 21 heavy (non-hydrogen) atoms. The van der Waals surface area contributed by atoms with Crippen LogP contribution in [0.15, 0.2) is 24.5 Å². The fourth-order valence-corrected chi connectivity index (χ4v) is 3.86. The van der Waals surface area contributed by atoms with Gasteiger partial charge in [0.15, 0.2) is 0 Å². The molecule has 0 saturated carbocycles. The van der Waals surface area contributed by atoms with Gasteiger partial charge >= 0.3 is 0 Å². The van der Waals surface area contributed by atoms with E-state index < -0.39 is 10.2 Å². The summed E-state index contributed by atoms with van der Waals surface area (Å²) in [6, 6.07) is 3.79. The zero-order valence-corrected chi connectivity index (χ0v) is 13.2. The fourth-order valence-electron chi connectivity index (χ4n) is 2.47. The number of aliphatic hydroxyl groups excluding tert-OH is 1. The number of likely N-dealkylation sites (N-methyl/N-ethyl adjacent to an activating group) is 1. The lowest BCUT2D eigenvalue weighted by Gasteiger charge is -2.33. The van der Waals surface area contributed by atoms with E-state index in [1.807, 2.05) is 12.1 Å². The molecule has 1 N–H and O–H groups in total. The maximum absolute atomic E-state index is 12.5. The third-order valence-corrected chi connectivity index (χ3v) is 6.00. The van der Waals surface area contributed by atoms with Gasteiger partial charge in [0.25, 0.3) is 10.2 Å². The van der Waals surface area contributed by atoms with Crippen molar-refractivity contribution in [2.75, 3.05) is 33.3 Å². The molecule has 0 aromatic carbocycles. The van der Waals surface area contributed by atoms with Gasteiger partial charge in [0, 0.05) is 45.7 Å². The molecule has 1 fully saturated rings. The van der Waals surface area contributed by atoms with E-state index in [0.29, 0.717) is 26.1 Å². The first-order valence-corrected chi connectivity index (χ1v) is 8.65. The zero-order chi connectivity index (χ0) is 15.3. The van der Waals surface area contributed by atoms with Gasteiger partial charge in [-0.05, 0) is 42.9 Å². The molecule has 0 radical (unpaired) electrons. The predicted octanol–water partition coefficient (Wildman–Crippen LogP) is 0.505. The van der Waals surface area contributed by atoms with E-state index in [4.69, 9.17) is 5.11 Å². The predicted molar refractivity (Wildman–Crippen MR) is 80.9 cm³/mol. The van der Waals surface area contributed by atoms with Crippen molar-refractivity contribution in [3.05, 3.63) is 30.1 Å². The van der Waals surface area contributed by atoms with Gasteiger partial charge in [0.1, 0.15) is 0 Å². The molecule has 1 aromatic heterocycles. The standard InChI is InChI=1S/C14H23N3O3S/c1-16(9-4-13-2-7-15-8-3-13)21(19,20)17-10-5-14(12-18)6-11-17/h2-3,7-8,14,18H,4-6,9-12H2,1H3. The summed E-state index contributed by atoms with van der Waals surface area (Å²) in [5.41, 5.74) is 1.08. The molecule has 0 atom stereocenters. The maximum Gasteiger partial charge on any atom is 0.281 e. The van der Waals surface area contributed by atoms with Crippen LogP contribution >= 0.6 is 0 Å². The Morgan fingerprint density at radius 3 is 2.52 bits per heavy atom. The molecule has 0 unspecified atom stereocenters. The highest BCUT2D eigenvalue weighted by Crippen LogP contribution is 2.20. The molecule has 1 aromatic rings. The maximum atomic E-state index is 12.5. The van der Waals surface area contributed by atoms with Crippen molar-refractivity contribution in [1.82, 2.24) is 13.6 Å². The number of rotatable bonds is 6. The average molecular weight is 313 g/mol. The summed E-state index contributed by atoms with van der Waals surface area (Å²) in [5, 5.41) is 9.12. The highest BCUT2D eigenvalue weighted by atomic mass is 32.2. The van der Waals surface area contributed by atoms with E-state index in [9.17, 15) is 8.42 Å². The van der Waals surface area contributed by atoms with E-state index in [2.05, 4.69) is 4.98 Å². The smallest absolute Gasteiger partial charge is 0.281 e. The van der Waals surface area contributed by atoms with Crippen LogP contribution in [0.4, 0.5) is 0 Å². The van der Waals surface area contributed by atoms with Crippen molar-refractivity contribution in [1.29, 1.82) is 0 Å². The van der Waals surface area contributed by atoms with Crippen LogP contribution in [0.1, 0.15) is 18.4 Å². The minimum Gasteiger partial charge on any atom is -0.396 e. The first kappa shape index (κ1) is 16.4. The number of aromatic nitrogens is 1. The van der Waals surface area contributed by atoms with Gasteiger partial charge in [0.2, 0.25) is 0 Å². The topological polar surface area (TPSA) is 73.7 Å². The van der Waals surface area contributed by atoms with Crippen molar-refractivity contribution < 1.29 is 13.5 Å². The largest absolute Gasteiger partial charge is 0.396 e. The van der Waals surface area contributed by atoms with Gasteiger partial charge in [-0.25, -0.2) is 0 Å². The number of nitrogens with zero attached hydrogens (tertiary/aromatic N) is 3. The minimum atomic E-state index is -3.39. The first-order valence-electron chi connectivity index (χ1n) is 7.25. The lowest BCUT2D eigenvalue weighted by molar-refractivity contribution is 0.167. The van der Waals surface area contributed by atoms with Crippen LogP contribution in [0.25, 0.3) is 0 Å². The number of piperidine rings is 1. The van der Waals surface area contributed by atoms with E-state index in [1.165, 1.54) is 8.61 Å². The second-order valence-electron chi connectivity index (χ2n) is 5.46. The lowest BCUT2D eigenvalue weighted by Crippen LogP contribution is -2.46. The Hall–Kier alpha value is -1.02. The summed E-state index contributed by atoms with van der Waals surface area (Å²) in [4.78, 5) is 3.95. The molecule has 1 aliphatic rings. The lowest BCUT2D eigenvalue weighted by atomic mass is 10.00. The van der Waals surface area contributed by atoms with Crippen molar-refractivity contribution in [2.45, 2.75) is 19.3 Å². The van der Waals surface area contributed by atoms with Crippen LogP contribution in [0, 0.1) is 5.92 Å². The minimum absolute atomic E-state index is 0.145. The van der Waals surface area contributed by atoms with Gasteiger partial charge in [-0.2, -0.15) is 17.0 Å². The molecule has 0 aliphatic carbocycles. The Morgan fingerprint density at radius 1 is 1.33 bits per heavy atom. The molecule has 1 aliphatic heterocycles. The highest BCUT2D eigenvalue weighted by Gasteiger charge is 2.30. The van der Waals surface area contributed by atoms with Crippen LogP contribution < -0.4 is 0 Å². The van der Waals surface area contributed by atoms with Crippen LogP contribution in [0.5, 0.6) is 0 Å². The molecule has 1 saturated heterocycles. The number of hydrogen-bond donors (Lipinski definition) is 1. The van der Waals surface area contributed by atoms with Crippen LogP contribution in [-0.2, 0) is 16.6 Å². The zero-order valence-electron chi connectivity index (χ0n) is 12.4. The highest BCUT2D eigenvalue weighted by molar-refractivity contribution is 7.86.